The lowest BCUT2D eigenvalue weighted by Crippen LogP contribution is -2.40. The fourth-order valence-corrected chi connectivity index (χ4v) is 1.96. The second-order valence-corrected chi connectivity index (χ2v) is 4.45. The van der Waals surface area contributed by atoms with E-state index in [-0.39, 0.29) is 18.2 Å². The molecule has 0 saturated carbocycles. The first-order valence-corrected chi connectivity index (χ1v) is 5.77. The second kappa shape index (κ2) is 4.68. The van der Waals surface area contributed by atoms with E-state index in [1.165, 1.54) is 6.92 Å². The van der Waals surface area contributed by atoms with Crippen LogP contribution in [0.15, 0.2) is 18.2 Å². The molecule has 0 radical (unpaired) electrons. The van der Waals surface area contributed by atoms with E-state index in [9.17, 15) is 9.59 Å². The molecule has 1 aliphatic rings. The molecule has 1 aliphatic heterocycles. The van der Waals surface area contributed by atoms with E-state index in [1.54, 1.807) is 18.2 Å². The highest BCUT2D eigenvalue weighted by atomic mass is 16.5. The summed E-state index contributed by atoms with van der Waals surface area (Å²) >= 11 is 0. The minimum atomic E-state index is -0.891. The van der Waals surface area contributed by atoms with Crippen molar-refractivity contribution in [1.82, 2.24) is 0 Å². The number of nitrogens with one attached hydrogen (secondary N) is 1. The number of aliphatic carboxylic acids is 1. The van der Waals surface area contributed by atoms with Crippen molar-refractivity contribution in [3.8, 4) is 5.75 Å². The SMILES string of the molecule is CC(=O)c1ccc2c(c1)NC(C)C(CC(=O)O)O2. The fraction of sp³-hybridized carbons (Fsp3) is 0.385. The van der Waals surface area contributed by atoms with Crippen LogP contribution in [-0.4, -0.2) is 29.0 Å². The van der Waals surface area contributed by atoms with Crippen LogP contribution in [-0.2, 0) is 4.79 Å². The molecule has 2 N–H and O–H groups in total. The van der Waals surface area contributed by atoms with Crippen LogP contribution < -0.4 is 10.1 Å². The molecule has 1 heterocycles. The third-order valence-electron chi connectivity index (χ3n) is 2.98. The first-order valence-electron chi connectivity index (χ1n) is 5.77. The van der Waals surface area contributed by atoms with Gasteiger partial charge in [-0.05, 0) is 32.0 Å². The first-order chi connectivity index (χ1) is 8.47. The largest absolute Gasteiger partial charge is 0.486 e. The van der Waals surface area contributed by atoms with Crippen LogP contribution in [0.2, 0.25) is 0 Å². The Morgan fingerprint density at radius 1 is 1.44 bits per heavy atom. The zero-order chi connectivity index (χ0) is 13.3. The Balaban J connectivity index is 2.25. The number of benzene rings is 1. The van der Waals surface area contributed by atoms with E-state index in [0.717, 1.165) is 5.69 Å². The van der Waals surface area contributed by atoms with Crippen molar-refractivity contribution in [2.45, 2.75) is 32.4 Å². The molecule has 1 aromatic carbocycles. The van der Waals surface area contributed by atoms with Gasteiger partial charge in [-0.1, -0.05) is 0 Å². The lowest BCUT2D eigenvalue weighted by atomic mass is 10.0. The van der Waals surface area contributed by atoms with Crippen LogP contribution in [0.1, 0.15) is 30.6 Å². The predicted molar refractivity (Wildman–Crippen MR) is 66.2 cm³/mol. The van der Waals surface area contributed by atoms with E-state index in [0.29, 0.717) is 11.3 Å². The Hall–Kier alpha value is -2.04. The van der Waals surface area contributed by atoms with Gasteiger partial charge in [-0.25, -0.2) is 0 Å². The topological polar surface area (TPSA) is 75.6 Å². The average molecular weight is 249 g/mol. The summed E-state index contributed by atoms with van der Waals surface area (Å²) in [4.78, 5) is 22.0. The number of carbonyl (C=O) groups excluding carboxylic acids is 1. The van der Waals surface area contributed by atoms with E-state index < -0.39 is 12.1 Å². The third-order valence-corrected chi connectivity index (χ3v) is 2.98. The summed E-state index contributed by atoms with van der Waals surface area (Å²) in [5, 5.41) is 12.0. The quantitative estimate of drug-likeness (QED) is 0.800. The molecular formula is C13H15NO4. The van der Waals surface area contributed by atoms with Crippen LogP contribution in [0, 0.1) is 0 Å². The lowest BCUT2D eigenvalue weighted by Gasteiger charge is -2.32. The van der Waals surface area contributed by atoms with Crippen LogP contribution in [0.25, 0.3) is 0 Å². The van der Waals surface area contributed by atoms with Gasteiger partial charge < -0.3 is 15.2 Å². The van der Waals surface area contributed by atoms with Gasteiger partial charge in [0.05, 0.1) is 18.2 Å². The van der Waals surface area contributed by atoms with Crippen LogP contribution in [0.5, 0.6) is 5.75 Å². The summed E-state index contributed by atoms with van der Waals surface area (Å²) in [6, 6.07) is 4.98. The average Bonchev–Trinajstić information content (AvgIpc) is 2.28. The highest BCUT2D eigenvalue weighted by Gasteiger charge is 2.28. The Kier molecular flexibility index (Phi) is 3.23. The maximum absolute atomic E-state index is 11.3. The summed E-state index contributed by atoms with van der Waals surface area (Å²) < 4.78 is 5.64. The molecule has 0 saturated heterocycles. The van der Waals surface area contributed by atoms with Gasteiger partial charge in [0.15, 0.2) is 5.78 Å². The van der Waals surface area contributed by atoms with Crippen LogP contribution in [0.3, 0.4) is 0 Å². The molecule has 0 amide bonds. The number of ether oxygens (including phenoxy) is 1. The van der Waals surface area contributed by atoms with E-state index in [4.69, 9.17) is 9.84 Å². The number of fused-ring (bicyclic) bond motifs is 1. The number of Topliss-reactive ketones (excluding diaryl/α,β-unsaturated/α-hetero) is 1. The zero-order valence-corrected chi connectivity index (χ0v) is 10.3. The summed E-state index contributed by atoms with van der Waals surface area (Å²) in [6.45, 7) is 3.36. The minimum Gasteiger partial charge on any atom is -0.486 e. The predicted octanol–water partition coefficient (Wildman–Crippen LogP) is 1.93. The number of ketones is 1. The number of carboxylic acids is 1. The van der Waals surface area contributed by atoms with Gasteiger partial charge >= 0.3 is 5.97 Å². The molecule has 2 unspecified atom stereocenters. The van der Waals surface area contributed by atoms with Gasteiger partial charge in [0, 0.05) is 5.56 Å². The Labute approximate surface area is 105 Å². The maximum Gasteiger partial charge on any atom is 0.307 e. The number of hydrogen-bond acceptors (Lipinski definition) is 4. The van der Waals surface area contributed by atoms with E-state index in [1.807, 2.05) is 6.92 Å². The maximum atomic E-state index is 11.3. The van der Waals surface area contributed by atoms with Crippen molar-refractivity contribution in [1.29, 1.82) is 0 Å². The van der Waals surface area contributed by atoms with Crippen molar-refractivity contribution in [2.75, 3.05) is 5.32 Å². The normalized spacial score (nSPS) is 21.4. The summed E-state index contributed by atoms with van der Waals surface area (Å²) in [5.41, 5.74) is 1.34. The molecule has 0 aliphatic carbocycles. The van der Waals surface area contributed by atoms with Crippen molar-refractivity contribution < 1.29 is 19.4 Å². The Morgan fingerprint density at radius 2 is 2.17 bits per heavy atom. The molecule has 96 valence electrons. The molecule has 2 atom stereocenters. The molecule has 0 aromatic heterocycles. The van der Waals surface area contributed by atoms with Crippen LogP contribution >= 0.6 is 0 Å². The van der Waals surface area contributed by atoms with Crippen molar-refractivity contribution in [3.63, 3.8) is 0 Å². The number of carboxylic acid groups (broad SMARTS) is 1. The van der Waals surface area contributed by atoms with E-state index in [2.05, 4.69) is 5.32 Å². The molecule has 5 heteroatoms. The number of hydrogen-bond donors (Lipinski definition) is 2. The van der Waals surface area contributed by atoms with Crippen molar-refractivity contribution >= 4 is 17.4 Å². The molecule has 0 bridgehead atoms. The van der Waals surface area contributed by atoms with Gasteiger partial charge in [0.2, 0.25) is 0 Å². The van der Waals surface area contributed by atoms with Gasteiger partial charge in [0.1, 0.15) is 11.9 Å². The van der Waals surface area contributed by atoms with Gasteiger partial charge in [0.25, 0.3) is 0 Å². The fourth-order valence-electron chi connectivity index (χ4n) is 1.96. The highest BCUT2D eigenvalue weighted by Crippen LogP contribution is 2.33. The van der Waals surface area contributed by atoms with Gasteiger partial charge in [-0.2, -0.15) is 0 Å². The Bertz CT molecular complexity index is 498. The molecular weight excluding hydrogens is 234 g/mol. The number of anilines is 1. The molecule has 2 rings (SSSR count). The molecule has 18 heavy (non-hydrogen) atoms. The van der Waals surface area contributed by atoms with Gasteiger partial charge in [-0.3, -0.25) is 9.59 Å². The van der Waals surface area contributed by atoms with Crippen molar-refractivity contribution in [3.05, 3.63) is 23.8 Å². The minimum absolute atomic E-state index is 0.0140. The zero-order valence-electron chi connectivity index (χ0n) is 10.3. The lowest BCUT2D eigenvalue weighted by molar-refractivity contribution is -0.139. The van der Waals surface area contributed by atoms with Crippen LogP contribution in [0.4, 0.5) is 5.69 Å². The number of rotatable bonds is 3. The molecule has 0 spiro atoms. The third kappa shape index (κ3) is 2.45. The first kappa shape index (κ1) is 12.4. The summed E-state index contributed by atoms with van der Waals surface area (Å²) in [7, 11) is 0. The smallest absolute Gasteiger partial charge is 0.307 e. The Morgan fingerprint density at radius 3 is 2.78 bits per heavy atom. The molecule has 0 fully saturated rings. The van der Waals surface area contributed by atoms with E-state index >= 15 is 0 Å². The molecule has 1 aromatic rings. The highest BCUT2D eigenvalue weighted by molar-refractivity contribution is 5.95. The standard InChI is InChI=1S/C13H15NO4/c1-7-12(6-13(16)17)18-11-4-3-9(8(2)15)5-10(11)14-7/h3-5,7,12,14H,6H2,1-2H3,(H,16,17). The second-order valence-electron chi connectivity index (χ2n) is 4.45. The number of carbonyl (C=O) groups is 2. The molecule has 5 nitrogen and oxygen atoms in total. The van der Waals surface area contributed by atoms with Gasteiger partial charge in [-0.15, -0.1) is 0 Å². The monoisotopic (exact) mass is 249 g/mol. The summed E-state index contributed by atoms with van der Waals surface area (Å²) in [6.07, 6.45) is -0.458. The summed E-state index contributed by atoms with van der Waals surface area (Å²) in [5.74, 6) is -0.318. The van der Waals surface area contributed by atoms with Crippen molar-refractivity contribution in [2.24, 2.45) is 0 Å².